The van der Waals surface area contributed by atoms with Crippen LogP contribution in [0, 0.1) is 34.9 Å². The van der Waals surface area contributed by atoms with Crippen LogP contribution in [-0.4, -0.2) is 101 Å². The van der Waals surface area contributed by atoms with Gasteiger partial charge in [-0.15, -0.1) is 0 Å². The van der Waals surface area contributed by atoms with Gasteiger partial charge in [0, 0.05) is 76.7 Å². The number of hydrogen-bond donors (Lipinski definition) is 2. The molecule has 4 unspecified atom stereocenters. The minimum Gasteiger partial charge on any atom is -0.507 e. The SMILES string of the molecule is COc1ccccc1C1SC(c2ccc(Cl)cc2)=NN1C(=O)c1cccc(C(F)(F)F)c1F.O=C(c1c(F)cc(F)cc1F)N1N=C(c2ccc(Cl)cc2)SC1c1ccccc1OC(F)F.O=C(c1ccc(F)c(F)c1O)N1N=C(c2ccc(Cl)cc2)SC1c1ccccc1OC(F)F.O=C(c1ccccc1O)N1N=C(c2ccc(Cl)cc2)SC1c1ccccc1OC(F)F. The van der Waals surface area contributed by atoms with Gasteiger partial charge in [-0.25, -0.2) is 42.0 Å². The lowest BCUT2D eigenvalue weighted by Gasteiger charge is -2.23. The van der Waals surface area contributed by atoms with Crippen molar-refractivity contribution in [3.63, 3.8) is 0 Å². The van der Waals surface area contributed by atoms with Gasteiger partial charge in [0.15, 0.2) is 11.6 Å². The first-order chi connectivity index (χ1) is 62.1. The summed E-state index contributed by atoms with van der Waals surface area (Å²) in [4.78, 5) is 52.9. The molecule has 0 aromatic heterocycles. The fourth-order valence-electron chi connectivity index (χ4n) is 12.6. The van der Waals surface area contributed by atoms with Crippen LogP contribution >= 0.6 is 93.5 Å². The number of carbonyl (C=O) groups excluding carboxylic acids is 4. The molecule has 0 saturated heterocycles. The first kappa shape index (κ1) is 95.1. The minimum atomic E-state index is -4.94. The monoisotopic (exact) mass is 1950 g/mol. The van der Waals surface area contributed by atoms with Gasteiger partial charge >= 0.3 is 26.0 Å². The van der Waals surface area contributed by atoms with E-state index in [1.54, 1.807) is 158 Å². The zero-order valence-electron chi connectivity index (χ0n) is 65.4. The second kappa shape index (κ2) is 41.9. The molecular weight excluding hydrogens is 1900 g/mol. The molecule has 12 aromatic rings. The molecule has 668 valence electrons. The lowest BCUT2D eigenvalue weighted by Crippen LogP contribution is -2.28. The topological polar surface area (TPSA) is 208 Å². The molecule has 2 N–H and O–H groups in total. The normalized spacial score (nSPS) is 15.8. The number of para-hydroxylation sites is 5. The Balaban J connectivity index is 0.000000148. The molecule has 0 bridgehead atoms. The number of methoxy groups -OCH3 is 1. The number of phenolic OH excluding ortho intramolecular Hbond substituents is 2. The summed E-state index contributed by atoms with van der Waals surface area (Å²) in [7, 11) is 1.46. The lowest BCUT2D eigenvalue weighted by atomic mass is 10.1. The third-order valence-corrected chi connectivity index (χ3v) is 24.4. The number of thioether (sulfide) groups is 4. The highest BCUT2D eigenvalue weighted by Gasteiger charge is 2.44. The molecule has 4 amide bonds. The summed E-state index contributed by atoms with van der Waals surface area (Å²) in [6.45, 7) is -9.29. The zero-order chi connectivity index (χ0) is 93.1. The van der Waals surface area contributed by atoms with E-state index < -0.39 is 134 Å². The molecule has 0 aliphatic carbocycles. The first-order valence-corrected chi connectivity index (χ1v) is 42.3. The van der Waals surface area contributed by atoms with Crippen LogP contribution in [0.15, 0.2) is 281 Å². The molecule has 4 aliphatic rings. The molecule has 0 spiro atoms. The van der Waals surface area contributed by atoms with E-state index in [0.29, 0.717) is 98.6 Å². The van der Waals surface area contributed by atoms with E-state index in [4.69, 9.17) is 51.1 Å². The van der Waals surface area contributed by atoms with Crippen LogP contribution in [0.3, 0.4) is 0 Å². The van der Waals surface area contributed by atoms with Crippen LogP contribution in [0.25, 0.3) is 0 Å². The van der Waals surface area contributed by atoms with Crippen LogP contribution in [0.1, 0.15) is 113 Å². The third kappa shape index (κ3) is 22.1. The Hall–Kier alpha value is -12.5. The van der Waals surface area contributed by atoms with E-state index in [9.17, 15) is 95.2 Å². The maximum absolute atomic E-state index is 14.7. The highest BCUT2D eigenvalue weighted by Crippen LogP contribution is 2.51. The van der Waals surface area contributed by atoms with Gasteiger partial charge in [0.1, 0.15) is 99.3 Å². The molecule has 41 heteroatoms. The predicted molar refractivity (Wildman–Crippen MR) is 464 cm³/mol. The van der Waals surface area contributed by atoms with Crippen molar-refractivity contribution >= 4 is 137 Å². The molecule has 130 heavy (non-hydrogen) atoms. The molecule has 18 nitrogen and oxygen atoms in total. The van der Waals surface area contributed by atoms with Crippen molar-refractivity contribution < 1.29 is 114 Å². The summed E-state index contributed by atoms with van der Waals surface area (Å²) in [5, 5.41) is 41.0. The fraction of sp³-hybridized carbons (Fsp3) is 0.101. The number of aromatic hydroxyl groups is 2. The quantitative estimate of drug-likeness (QED) is 0.0722. The number of hydrazone groups is 4. The summed E-state index contributed by atoms with van der Waals surface area (Å²) in [6, 6.07) is 62.0. The summed E-state index contributed by atoms with van der Waals surface area (Å²) < 4.78 is 221. The number of amides is 4. The van der Waals surface area contributed by atoms with Gasteiger partial charge < -0.3 is 29.2 Å². The largest absolute Gasteiger partial charge is 0.507 e. The Morgan fingerprint density at radius 3 is 1.02 bits per heavy atom. The molecule has 4 aliphatic heterocycles. The van der Waals surface area contributed by atoms with Gasteiger partial charge in [0.2, 0.25) is 5.82 Å². The summed E-state index contributed by atoms with van der Waals surface area (Å²) in [5.41, 5.74) is -0.126. The van der Waals surface area contributed by atoms with Gasteiger partial charge in [-0.1, -0.05) is 233 Å². The number of hydrogen-bond acceptors (Lipinski definition) is 18. The van der Waals surface area contributed by atoms with Gasteiger partial charge in [0.05, 0.1) is 29.4 Å². The minimum absolute atomic E-state index is 0.0430. The number of phenols is 2. The molecule has 12 aromatic carbocycles. The number of carbonyl (C=O) groups is 4. The highest BCUT2D eigenvalue weighted by atomic mass is 35.5. The van der Waals surface area contributed by atoms with Crippen molar-refractivity contribution in [3.8, 4) is 34.5 Å². The van der Waals surface area contributed by atoms with Crippen molar-refractivity contribution in [2.24, 2.45) is 20.4 Å². The highest BCUT2D eigenvalue weighted by molar-refractivity contribution is 8.15. The maximum atomic E-state index is 14.7. The van der Waals surface area contributed by atoms with Crippen LogP contribution in [0.2, 0.25) is 20.1 Å². The number of halogens is 19. The van der Waals surface area contributed by atoms with E-state index in [1.165, 1.54) is 91.3 Å². The Morgan fingerprint density at radius 2 is 0.669 bits per heavy atom. The van der Waals surface area contributed by atoms with Gasteiger partial charge in [-0.2, -0.15) is 64.3 Å². The van der Waals surface area contributed by atoms with Gasteiger partial charge in [0.25, 0.3) is 23.6 Å². The van der Waals surface area contributed by atoms with Crippen molar-refractivity contribution in [3.05, 3.63) is 388 Å². The zero-order valence-corrected chi connectivity index (χ0v) is 71.7. The van der Waals surface area contributed by atoms with Crippen LogP contribution < -0.4 is 18.9 Å². The van der Waals surface area contributed by atoms with Gasteiger partial charge in [-0.05, 0) is 109 Å². The Bertz CT molecular complexity index is 6350. The summed E-state index contributed by atoms with van der Waals surface area (Å²) in [5.74, 6) is -13.8. The average Bonchev–Trinajstić information content (AvgIpc) is 1.53. The van der Waals surface area contributed by atoms with Gasteiger partial charge in [-0.3, -0.25) is 19.2 Å². The Morgan fingerprint density at radius 1 is 0.362 bits per heavy atom. The Labute approximate surface area is 764 Å². The van der Waals surface area contributed by atoms with Crippen LogP contribution in [-0.2, 0) is 6.18 Å². The van der Waals surface area contributed by atoms with Crippen LogP contribution in [0.4, 0.5) is 65.9 Å². The molecule has 4 heterocycles. The Kier molecular flexibility index (Phi) is 30.7. The molecule has 0 saturated carbocycles. The molecule has 16 rings (SSSR count). The summed E-state index contributed by atoms with van der Waals surface area (Å²) >= 11 is 28.2. The smallest absolute Gasteiger partial charge is 0.419 e. The maximum Gasteiger partial charge on any atom is 0.419 e. The van der Waals surface area contributed by atoms with E-state index >= 15 is 0 Å². The number of alkyl halides is 9. The van der Waals surface area contributed by atoms with E-state index in [2.05, 4.69) is 34.6 Å². The number of nitrogens with zero attached hydrogens (tertiary/aromatic N) is 8. The second-order valence-electron chi connectivity index (χ2n) is 26.8. The lowest BCUT2D eigenvalue weighted by molar-refractivity contribution is -0.140. The predicted octanol–water partition coefficient (Wildman–Crippen LogP) is 25.4. The molecule has 0 fully saturated rings. The van der Waals surface area contributed by atoms with Crippen molar-refractivity contribution in [2.45, 2.75) is 47.5 Å². The van der Waals surface area contributed by atoms with Crippen LogP contribution in [0.5, 0.6) is 34.5 Å². The molecule has 0 radical (unpaired) electrons. The van der Waals surface area contributed by atoms with E-state index in [1.807, 2.05) is 0 Å². The number of rotatable bonds is 19. The number of ether oxygens (including phenoxy) is 4. The average molecular weight is 1950 g/mol. The van der Waals surface area contributed by atoms with E-state index in [0.717, 1.165) is 61.8 Å². The molecular formula is C89H55Cl4F15N8O10S4. The fourth-order valence-corrected chi connectivity index (χ4v) is 17.9. The summed E-state index contributed by atoms with van der Waals surface area (Å²) in [6.07, 6.45) is -4.94. The second-order valence-corrected chi connectivity index (χ2v) is 32.8. The van der Waals surface area contributed by atoms with Crippen molar-refractivity contribution in [1.82, 2.24) is 20.0 Å². The molecule has 4 atom stereocenters. The third-order valence-electron chi connectivity index (χ3n) is 18.6. The van der Waals surface area contributed by atoms with Crippen molar-refractivity contribution in [2.75, 3.05) is 7.11 Å². The first-order valence-electron chi connectivity index (χ1n) is 37.2. The number of benzene rings is 12. The van der Waals surface area contributed by atoms with Crippen molar-refractivity contribution in [1.29, 1.82) is 0 Å². The van der Waals surface area contributed by atoms with E-state index in [-0.39, 0.29) is 44.7 Å². The standard InChI is InChI=1S/C23H15ClF4N2O2S.C22H12ClF5N2O2S.C22H13ClF4N2O3S.C22H15ClF2N2O3S/c1-32-18-8-3-2-5-15(18)22-30(29-20(33-22)13-9-11-14(24)12-10-13)21(31)16-6-4-7-17(19(16)25)23(26,27)28;23-12-7-5-11(6-8-12)19-29-30(20(31)18-15(25)9-13(24)10-16(18)26)21(33-19)14-3-1-2-4-17(14)32-22(27)28;23-12-7-5-11(6-8-12)19-28-29(20(31)14-9-10-15(24)17(25)18(14)30)21(33-19)13-3-1-2-4-16(13)32-22(26)27;23-14-11-9-13(10-12-14)19-26-27(20(29)15-5-1-3-7-17(15)28)21(31-19)16-6-2-4-8-18(16)30-22(24)25/h2-12,22H,1H3;1-10,21-22H;1-10,21-22,30H;1-12,21-22,28H.